The van der Waals surface area contributed by atoms with E-state index in [1.165, 1.54) is 0 Å². The quantitative estimate of drug-likeness (QED) is 0.423. The minimum atomic E-state index is -0.642. The standard InChI is InChI=1S/C21H21ClN2O5/c1-28-14-7-6-12-8-13(19(22)23-17(12)9-14)11-29-18(25)10-24-20(26)15-4-2-3-5-16(15)21(24)27/h6-9,15-16H,2-5,10-11H2,1H3. The van der Waals surface area contributed by atoms with E-state index in [2.05, 4.69) is 4.98 Å². The van der Waals surface area contributed by atoms with E-state index in [-0.39, 0.29) is 42.0 Å². The minimum Gasteiger partial charge on any atom is -0.497 e. The Morgan fingerprint density at radius 3 is 2.52 bits per heavy atom. The van der Waals surface area contributed by atoms with Crippen LogP contribution >= 0.6 is 11.6 Å². The zero-order valence-electron chi connectivity index (χ0n) is 16.0. The summed E-state index contributed by atoms with van der Waals surface area (Å²) in [6.45, 7) is -0.448. The van der Waals surface area contributed by atoms with Gasteiger partial charge in [0.1, 0.15) is 24.1 Å². The molecule has 2 fully saturated rings. The van der Waals surface area contributed by atoms with Crippen molar-refractivity contribution in [1.82, 2.24) is 9.88 Å². The lowest BCUT2D eigenvalue weighted by atomic mass is 9.81. The number of amides is 2. The summed E-state index contributed by atoms with van der Waals surface area (Å²) in [5.41, 5.74) is 1.21. The molecule has 2 aromatic rings. The van der Waals surface area contributed by atoms with E-state index in [0.717, 1.165) is 23.1 Å². The number of hydrogen-bond donors (Lipinski definition) is 0. The van der Waals surface area contributed by atoms with Crippen molar-refractivity contribution in [2.45, 2.75) is 32.3 Å². The summed E-state index contributed by atoms with van der Waals surface area (Å²) in [7, 11) is 1.57. The highest BCUT2D eigenvalue weighted by Gasteiger charge is 2.48. The van der Waals surface area contributed by atoms with Crippen LogP contribution in [0.3, 0.4) is 0 Å². The van der Waals surface area contributed by atoms with Gasteiger partial charge in [-0.1, -0.05) is 24.4 Å². The normalized spacial score (nSPS) is 21.4. The number of halogens is 1. The van der Waals surface area contributed by atoms with E-state index in [1.54, 1.807) is 25.3 Å². The number of fused-ring (bicyclic) bond motifs is 2. The fourth-order valence-electron chi connectivity index (χ4n) is 4.12. The molecule has 29 heavy (non-hydrogen) atoms. The summed E-state index contributed by atoms with van der Waals surface area (Å²) in [5.74, 6) is -1.04. The summed E-state index contributed by atoms with van der Waals surface area (Å²) >= 11 is 6.22. The number of hydrogen-bond acceptors (Lipinski definition) is 6. The number of imide groups is 1. The second-order valence-electron chi connectivity index (χ2n) is 7.42. The molecule has 7 nitrogen and oxygen atoms in total. The van der Waals surface area contributed by atoms with Gasteiger partial charge in [0.25, 0.3) is 0 Å². The highest BCUT2D eigenvalue weighted by atomic mass is 35.5. The summed E-state index contributed by atoms with van der Waals surface area (Å²) < 4.78 is 10.5. The SMILES string of the molecule is COc1ccc2cc(COC(=O)CN3C(=O)C4CCCCC4C3=O)c(Cl)nc2c1. The maximum absolute atomic E-state index is 12.5. The molecular formula is C21H21ClN2O5. The van der Waals surface area contributed by atoms with Crippen LogP contribution in [0, 0.1) is 11.8 Å². The van der Waals surface area contributed by atoms with Crippen LogP contribution in [0.1, 0.15) is 31.2 Å². The number of likely N-dealkylation sites (tertiary alicyclic amines) is 1. The summed E-state index contributed by atoms with van der Waals surface area (Å²) in [6, 6.07) is 7.20. The van der Waals surface area contributed by atoms with Gasteiger partial charge in [0.15, 0.2) is 0 Å². The van der Waals surface area contributed by atoms with Gasteiger partial charge in [0.05, 0.1) is 24.5 Å². The second-order valence-corrected chi connectivity index (χ2v) is 7.78. The first-order valence-electron chi connectivity index (χ1n) is 9.62. The van der Waals surface area contributed by atoms with Crippen molar-refractivity contribution in [2.75, 3.05) is 13.7 Å². The van der Waals surface area contributed by atoms with E-state index in [0.29, 0.717) is 29.7 Å². The number of pyridine rings is 1. The number of carbonyl (C=O) groups excluding carboxylic acids is 3. The van der Waals surface area contributed by atoms with Gasteiger partial charge in [0.2, 0.25) is 11.8 Å². The predicted octanol–water partition coefficient (Wildman–Crippen LogP) is 3.12. The molecule has 1 aliphatic carbocycles. The topological polar surface area (TPSA) is 85.8 Å². The Kier molecular flexibility index (Phi) is 5.41. The molecule has 1 saturated heterocycles. The molecular weight excluding hydrogens is 396 g/mol. The van der Waals surface area contributed by atoms with Gasteiger partial charge >= 0.3 is 5.97 Å². The summed E-state index contributed by atoms with van der Waals surface area (Å²) in [4.78, 5) is 42.6. The van der Waals surface area contributed by atoms with Crippen molar-refractivity contribution in [3.63, 3.8) is 0 Å². The second kappa shape index (κ2) is 7.99. The molecule has 0 N–H and O–H groups in total. The molecule has 8 heteroatoms. The van der Waals surface area contributed by atoms with Crippen LogP contribution in [0.4, 0.5) is 0 Å². The van der Waals surface area contributed by atoms with Gasteiger partial charge in [-0.25, -0.2) is 4.98 Å². The van der Waals surface area contributed by atoms with Crippen molar-refractivity contribution in [2.24, 2.45) is 11.8 Å². The molecule has 0 spiro atoms. The van der Waals surface area contributed by atoms with Crippen LogP contribution in [0.2, 0.25) is 5.15 Å². The highest BCUT2D eigenvalue weighted by molar-refractivity contribution is 6.30. The van der Waals surface area contributed by atoms with E-state index in [1.807, 2.05) is 6.07 Å². The maximum atomic E-state index is 12.5. The monoisotopic (exact) mass is 416 g/mol. The van der Waals surface area contributed by atoms with Crippen LogP contribution in [0.25, 0.3) is 10.9 Å². The van der Waals surface area contributed by atoms with E-state index in [4.69, 9.17) is 21.1 Å². The first-order valence-corrected chi connectivity index (χ1v) is 9.99. The predicted molar refractivity (Wildman–Crippen MR) is 105 cm³/mol. The molecule has 4 rings (SSSR count). The number of benzene rings is 1. The molecule has 0 bridgehead atoms. The van der Waals surface area contributed by atoms with Crippen molar-refractivity contribution in [3.05, 3.63) is 35.0 Å². The number of ether oxygens (including phenoxy) is 2. The highest BCUT2D eigenvalue weighted by Crippen LogP contribution is 2.37. The largest absolute Gasteiger partial charge is 0.497 e. The molecule has 1 saturated carbocycles. The molecule has 152 valence electrons. The Morgan fingerprint density at radius 1 is 1.17 bits per heavy atom. The number of rotatable bonds is 5. The van der Waals surface area contributed by atoms with E-state index >= 15 is 0 Å². The van der Waals surface area contributed by atoms with E-state index < -0.39 is 5.97 Å². The third kappa shape index (κ3) is 3.79. The fourth-order valence-corrected chi connectivity index (χ4v) is 4.32. The third-order valence-electron chi connectivity index (χ3n) is 5.66. The maximum Gasteiger partial charge on any atom is 0.326 e. The molecule has 2 aliphatic rings. The summed E-state index contributed by atoms with van der Waals surface area (Å²) in [6.07, 6.45) is 3.31. The van der Waals surface area contributed by atoms with Gasteiger partial charge < -0.3 is 9.47 Å². The van der Waals surface area contributed by atoms with Gasteiger partial charge in [-0.05, 0) is 31.0 Å². The Labute approximate surface area is 172 Å². The number of methoxy groups -OCH3 is 1. The Balaban J connectivity index is 1.41. The van der Waals surface area contributed by atoms with Crippen molar-refractivity contribution in [3.8, 4) is 5.75 Å². The van der Waals surface area contributed by atoms with Crippen LogP contribution in [0.15, 0.2) is 24.3 Å². The molecule has 1 aliphatic heterocycles. The van der Waals surface area contributed by atoms with Crippen LogP contribution < -0.4 is 4.74 Å². The lowest BCUT2D eigenvalue weighted by Crippen LogP contribution is -2.36. The van der Waals surface area contributed by atoms with Gasteiger partial charge in [0, 0.05) is 17.0 Å². The third-order valence-corrected chi connectivity index (χ3v) is 5.99. The van der Waals surface area contributed by atoms with Gasteiger partial charge in [-0.3, -0.25) is 19.3 Å². The Hall–Kier alpha value is -2.67. The molecule has 2 unspecified atom stereocenters. The molecule has 0 radical (unpaired) electrons. The summed E-state index contributed by atoms with van der Waals surface area (Å²) in [5, 5.41) is 1.05. The minimum absolute atomic E-state index is 0.0876. The van der Waals surface area contributed by atoms with Crippen LogP contribution in [-0.2, 0) is 25.7 Å². The number of esters is 1. The van der Waals surface area contributed by atoms with Crippen LogP contribution in [-0.4, -0.2) is 41.3 Å². The molecule has 2 amide bonds. The van der Waals surface area contributed by atoms with Gasteiger partial charge in [-0.15, -0.1) is 0 Å². The molecule has 2 heterocycles. The molecule has 1 aromatic heterocycles. The number of aromatic nitrogens is 1. The lowest BCUT2D eigenvalue weighted by molar-refractivity contribution is -0.153. The zero-order chi connectivity index (χ0) is 20.5. The first kappa shape index (κ1) is 19.6. The average Bonchev–Trinajstić information content (AvgIpc) is 2.97. The fraction of sp³-hybridized carbons (Fsp3) is 0.429. The number of nitrogens with zero attached hydrogens (tertiary/aromatic N) is 2. The van der Waals surface area contributed by atoms with Crippen LogP contribution in [0.5, 0.6) is 5.75 Å². The Morgan fingerprint density at radius 2 is 1.86 bits per heavy atom. The van der Waals surface area contributed by atoms with Crippen molar-refractivity contribution < 1.29 is 23.9 Å². The van der Waals surface area contributed by atoms with Gasteiger partial charge in [-0.2, -0.15) is 0 Å². The molecule has 2 atom stereocenters. The Bertz CT molecular complexity index is 968. The first-order chi connectivity index (χ1) is 14.0. The lowest BCUT2D eigenvalue weighted by Gasteiger charge is -2.19. The van der Waals surface area contributed by atoms with Crippen molar-refractivity contribution in [1.29, 1.82) is 0 Å². The molecule has 1 aromatic carbocycles. The van der Waals surface area contributed by atoms with Crippen molar-refractivity contribution >= 4 is 40.3 Å². The smallest absolute Gasteiger partial charge is 0.326 e. The zero-order valence-corrected chi connectivity index (χ0v) is 16.8. The number of carbonyl (C=O) groups is 3. The average molecular weight is 417 g/mol. The van der Waals surface area contributed by atoms with E-state index in [9.17, 15) is 14.4 Å².